The summed E-state index contributed by atoms with van der Waals surface area (Å²) < 4.78 is 14.6. The smallest absolute Gasteiger partial charge is 0.282 e. The molecule has 0 unspecified atom stereocenters. The van der Waals surface area contributed by atoms with E-state index >= 15 is 0 Å². The summed E-state index contributed by atoms with van der Waals surface area (Å²) in [4.78, 5) is 30.1. The predicted octanol–water partition coefficient (Wildman–Crippen LogP) is 4.79. The first-order valence-electron chi connectivity index (χ1n) is 10.3. The molecule has 5 heteroatoms. The largest absolute Gasteiger partial charge is 0.336 e. The molecule has 0 fully saturated rings. The molecule has 3 aromatic carbocycles. The van der Waals surface area contributed by atoms with Crippen LogP contribution < -0.4 is 9.80 Å². The summed E-state index contributed by atoms with van der Waals surface area (Å²) in [5.74, 6) is -1.61. The number of halogens is 1. The fourth-order valence-electron chi connectivity index (χ4n) is 4.35. The molecule has 5 rings (SSSR count). The van der Waals surface area contributed by atoms with Crippen molar-refractivity contribution in [2.24, 2.45) is 0 Å². The predicted molar refractivity (Wildman–Crippen MR) is 119 cm³/mol. The number of para-hydroxylation sites is 2. The van der Waals surface area contributed by atoms with Gasteiger partial charge in [-0.05, 0) is 60.7 Å². The number of nitrogens with zero attached hydrogens (tertiary/aromatic N) is 2. The molecule has 2 aliphatic heterocycles. The molecule has 0 aliphatic carbocycles. The van der Waals surface area contributed by atoms with Gasteiger partial charge in [0.2, 0.25) is 0 Å². The van der Waals surface area contributed by atoms with E-state index in [1.54, 1.807) is 12.1 Å². The molecule has 31 heavy (non-hydrogen) atoms. The quantitative estimate of drug-likeness (QED) is 0.581. The molecule has 0 aromatic heterocycles. The Morgan fingerprint density at radius 1 is 0.806 bits per heavy atom. The van der Waals surface area contributed by atoms with Gasteiger partial charge < -0.3 is 4.90 Å². The molecular formula is C26H21FN2O2. The van der Waals surface area contributed by atoms with Crippen molar-refractivity contribution in [3.63, 3.8) is 0 Å². The maximum Gasteiger partial charge on any atom is 0.282 e. The van der Waals surface area contributed by atoms with Gasteiger partial charge in [-0.25, -0.2) is 9.29 Å². The van der Waals surface area contributed by atoms with Gasteiger partial charge in [0.15, 0.2) is 0 Å². The Hall–Kier alpha value is -3.73. The lowest BCUT2D eigenvalue weighted by Gasteiger charge is -2.22. The average Bonchev–Trinajstić information content (AvgIpc) is 3.29. The van der Waals surface area contributed by atoms with Gasteiger partial charge in [-0.2, -0.15) is 0 Å². The van der Waals surface area contributed by atoms with E-state index in [2.05, 4.69) is 0 Å². The number of anilines is 2. The monoisotopic (exact) mass is 412 g/mol. The SMILES string of the molecule is Cc1ccc(C2=C(N3CCc4ccccc43)C(=O)N(c3ccccc3F)C2=O)cc1C. The van der Waals surface area contributed by atoms with E-state index in [4.69, 9.17) is 0 Å². The van der Waals surface area contributed by atoms with Gasteiger partial charge >= 0.3 is 0 Å². The van der Waals surface area contributed by atoms with Crippen LogP contribution in [0.4, 0.5) is 15.8 Å². The molecule has 154 valence electrons. The first-order valence-corrected chi connectivity index (χ1v) is 10.3. The number of carbonyl (C=O) groups is 2. The van der Waals surface area contributed by atoms with E-state index in [1.165, 1.54) is 12.1 Å². The van der Waals surface area contributed by atoms with Crippen LogP contribution in [0.1, 0.15) is 22.3 Å². The van der Waals surface area contributed by atoms with Gasteiger partial charge in [0.25, 0.3) is 11.8 Å². The van der Waals surface area contributed by atoms with Gasteiger partial charge in [0.05, 0.1) is 11.3 Å². The van der Waals surface area contributed by atoms with E-state index in [-0.39, 0.29) is 5.69 Å². The first kappa shape index (κ1) is 19.2. The Balaban J connectivity index is 1.72. The van der Waals surface area contributed by atoms with Gasteiger partial charge in [0, 0.05) is 12.2 Å². The minimum atomic E-state index is -0.605. The summed E-state index contributed by atoms with van der Waals surface area (Å²) in [6.45, 7) is 4.56. The molecule has 4 nitrogen and oxygen atoms in total. The van der Waals surface area contributed by atoms with Crippen LogP contribution >= 0.6 is 0 Å². The highest BCUT2D eigenvalue weighted by molar-refractivity contribution is 6.46. The Labute approximate surface area is 180 Å². The topological polar surface area (TPSA) is 40.6 Å². The Kier molecular flexibility index (Phi) is 4.47. The number of hydrogen-bond donors (Lipinski definition) is 0. The third-order valence-electron chi connectivity index (χ3n) is 6.11. The molecule has 3 aromatic rings. The van der Waals surface area contributed by atoms with Crippen LogP contribution in [0, 0.1) is 19.7 Å². The molecule has 0 saturated heterocycles. The minimum absolute atomic E-state index is 0.0266. The van der Waals surface area contributed by atoms with Crippen molar-refractivity contribution in [2.45, 2.75) is 20.3 Å². The molecule has 2 aliphatic rings. The van der Waals surface area contributed by atoms with Crippen molar-refractivity contribution in [1.29, 1.82) is 0 Å². The van der Waals surface area contributed by atoms with Gasteiger partial charge in [-0.3, -0.25) is 9.59 Å². The number of aryl methyl sites for hydroxylation is 2. The Morgan fingerprint density at radius 2 is 1.52 bits per heavy atom. The van der Waals surface area contributed by atoms with Crippen LogP contribution in [-0.2, 0) is 16.0 Å². The normalized spacial score (nSPS) is 15.8. The first-order chi connectivity index (χ1) is 15.0. The summed E-state index contributed by atoms with van der Waals surface area (Å²) in [6.07, 6.45) is 0.779. The standard InChI is InChI=1S/C26H21FN2O2/c1-16-11-12-19(15-17(16)2)23-24(28-14-13-18-7-3-5-9-21(18)28)26(31)29(25(23)30)22-10-6-4-8-20(22)27/h3-12,15H,13-14H2,1-2H3. The average molecular weight is 412 g/mol. The highest BCUT2D eigenvalue weighted by Gasteiger charge is 2.44. The molecule has 0 N–H and O–H groups in total. The summed E-state index contributed by atoms with van der Waals surface area (Å²) >= 11 is 0. The second kappa shape index (κ2) is 7.20. The number of rotatable bonds is 3. The van der Waals surface area contributed by atoms with Crippen LogP contribution in [0.2, 0.25) is 0 Å². The molecule has 2 amide bonds. The van der Waals surface area contributed by atoms with E-state index in [1.807, 2.05) is 61.2 Å². The second-order valence-electron chi connectivity index (χ2n) is 7.95. The lowest BCUT2D eigenvalue weighted by Crippen LogP contribution is -2.35. The molecule has 0 saturated carbocycles. The van der Waals surface area contributed by atoms with Crippen molar-refractivity contribution in [1.82, 2.24) is 0 Å². The Morgan fingerprint density at radius 3 is 2.26 bits per heavy atom. The lowest BCUT2D eigenvalue weighted by atomic mass is 9.99. The van der Waals surface area contributed by atoms with E-state index in [0.717, 1.165) is 33.7 Å². The van der Waals surface area contributed by atoms with Gasteiger partial charge in [-0.15, -0.1) is 0 Å². The summed E-state index contributed by atoms with van der Waals surface area (Å²) in [7, 11) is 0. The molecule has 0 bridgehead atoms. The number of carbonyl (C=O) groups excluding carboxylic acids is 2. The molecule has 0 spiro atoms. The van der Waals surface area contributed by atoms with Crippen molar-refractivity contribution in [3.8, 4) is 0 Å². The van der Waals surface area contributed by atoms with Gasteiger partial charge in [0.1, 0.15) is 11.5 Å². The lowest BCUT2D eigenvalue weighted by molar-refractivity contribution is -0.120. The fourth-order valence-corrected chi connectivity index (χ4v) is 4.35. The molecular weight excluding hydrogens is 391 g/mol. The molecule has 0 atom stereocenters. The molecule has 0 radical (unpaired) electrons. The Bertz CT molecular complexity index is 1280. The van der Waals surface area contributed by atoms with Crippen molar-refractivity contribution in [3.05, 3.63) is 100 Å². The van der Waals surface area contributed by atoms with Crippen LogP contribution in [0.3, 0.4) is 0 Å². The number of hydrogen-bond acceptors (Lipinski definition) is 3. The van der Waals surface area contributed by atoms with E-state index in [0.29, 0.717) is 23.4 Å². The number of fused-ring (bicyclic) bond motifs is 1. The van der Waals surface area contributed by atoms with E-state index in [9.17, 15) is 14.0 Å². The van der Waals surface area contributed by atoms with Crippen molar-refractivity contribution in [2.75, 3.05) is 16.3 Å². The third kappa shape index (κ3) is 2.96. The summed E-state index contributed by atoms with van der Waals surface area (Å²) in [5, 5.41) is 0. The third-order valence-corrected chi connectivity index (χ3v) is 6.11. The number of amides is 2. The number of benzene rings is 3. The highest BCUT2D eigenvalue weighted by atomic mass is 19.1. The fraction of sp³-hybridized carbons (Fsp3) is 0.154. The van der Waals surface area contributed by atoms with Crippen LogP contribution in [-0.4, -0.2) is 18.4 Å². The van der Waals surface area contributed by atoms with Crippen molar-refractivity contribution < 1.29 is 14.0 Å². The summed E-state index contributed by atoms with van der Waals surface area (Å²) in [6, 6.07) is 19.5. The summed E-state index contributed by atoms with van der Waals surface area (Å²) in [5.41, 5.74) is 5.42. The van der Waals surface area contributed by atoms with Crippen LogP contribution in [0.25, 0.3) is 5.57 Å². The van der Waals surface area contributed by atoms with Crippen molar-refractivity contribution >= 4 is 28.8 Å². The zero-order valence-electron chi connectivity index (χ0n) is 17.4. The maximum absolute atomic E-state index is 14.6. The zero-order chi connectivity index (χ0) is 21.7. The van der Waals surface area contributed by atoms with Crippen LogP contribution in [0.5, 0.6) is 0 Å². The zero-order valence-corrected chi connectivity index (χ0v) is 17.4. The number of imide groups is 1. The van der Waals surface area contributed by atoms with Crippen LogP contribution in [0.15, 0.2) is 72.4 Å². The minimum Gasteiger partial charge on any atom is -0.336 e. The van der Waals surface area contributed by atoms with E-state index < -0.39 is 17.6 Å². The van der Waals surface area contributed by atoms with Gasteiger partial charge in [-0.1, -0.05) is 48.5 Å². The highest BCUT2D eigenvalue weighted by Crippen LogP contribution is 2.40. The second-order valence-corrected chi connectivity index (χ2v) is 7.95. The maximum atomic E-state index is 14.6. The molecule has 2 heterocycles.